The molecular weight excluding hydrogens is 218 g/mol. The highest BCUT2D eigenvalue weighted by molar-refractivity contribution is 6.30. The first-order valence-electron chi connectivity index (χ1n) is 4.17. The minimum absolute atomic E-state index is 0.170. The normalized spacial score (nSPS) is 9.27. The molecule has 0 unspecified atom stereocenters. The number of carbonyl (C=O) groups excluding carboxylic acids is 1. The maximum atomic E-state index is 10.0. The van der Waals surface area contributed by atoms with Crippen LogP contribution in [0, 0.1) is 0 Å². The van der Waals surface area contributed by atoms with Crippen molar-refractivity contribution in [2.24, 2.45) is 4.99 Å². The van der Waals surface area contributed by atoms with Crippen molar-refractivity contribution in [3.05, 3.63) is 22.7 Å². The minimum Gasteiger partial charge on any atom is -0.493 e. The van der Waals surface area contributed by atoms with E-state index in [1.54, 1.807) is 12.1 Å². The van der Waals surface area contributed by atoms with Gasteiger partial charge in [-0.05, 0) is 6.07 Å². The fraction of sp³-hybridized carbons (Fsp3) is 0.300. The van der Waals surface area contributed by atoms with E-state index in [9.17, 15) is 4.79 Å². The molecule has 0 aliphatic rings. The average molecular weight is 228 g/mol. The van der Waals surface area contributed by atoms with Gasteiger partial charge in [-0.1, -0.05) is 11.6 Å². The summed E-state index contributed by atoms with van der Waals surface area (Å²) in [7, 11) is 3.03. The molecule has 0 N–H and O–H groups in total. The van der Waals surface area contributed by atoms with Crippen molar-refractivity contribution >= 4 is 17.7 Å². The van der Waals surface area contributed by atoms with Gasteiger partial charge in [-0.25, -0.2) is 9.79 Å². The van der Waals surface area contributed by atoms with Gasteiger partial charge in [0.05, 0.1) is 20.8 Å². The van der Waals surface area contributed by atoms with Crippen LogP contribution >= 0.6 is 11.6 Å². The number of methoxy groups -OCH3 is 2. The summed E-state index contributed by atoms with van der Waals surface area (Å²) in [6, 6.07) is 3.30. The summed E-state index contributed by atoms with van der Waals surface area (Å²) in [5.74, 6) is 1.04. The smallest absolute Gasteiger partial charge is 0.235 e. The molecule has 0 fully saturated rings. The molecule has 5 heteroatoms. The Morgan fingerprint density at radius 3 is 2.67 bits per heavy atom. The van der Waals surface area contributed by atoms with Gasteiger partial charge in [-0.15, -0.1) is 0 Å². The molecule has 0 heterocycles. The highest BCUT2D eigenvalue weighted by Crippen LogP contribution is 2.34. The molecule has 0 bridgehead atoms. The molecule has 4 nitrogen and oxygen atoms in total. The van der Waals surface area contributed by atoms with Crippen LogP contribution < -0.4 is 9.47 Å². The van der Waals surface area contributed by atoms with Crippen molar-refractivity contribution in [2.45, 2.75) is 6.54 Å². The summed E-state index contributed by atoms with van der Waals surface area (Å²) >= 11 is 5.86. The van der Waals surface area contributed by atoms with Crippen molar-refractivity contribution in [3.63, 3.8) is 0 Å². The predicted molar refractivity (Wildman–Crippen MR) is 56.4 cm³/mol. The van der Waals surface area contributed by atoms with Crippen LogP contribution in [0.4, 0.5) is 0 Å². The monoisotopic (exact) mass is 227 g/mol. The zero-order chi connectivity index (χ0) is 11.3. The lowest BCUT2D eigenvalue weighted by Crippen LogP contribution is -1.95. The zero-order valence-electron chi connectivity index (χ0n) is 8.41. The fourth-order valence-corrected chi connectivity index (χ4v) is 1.47. The number of halogens is 1. The first kappa shape index (κ1) is 11.6. The van der Waals surface area contributed by atoms with Crippen molar-refractivity contribution in [3.8, 4) is 11.5 Å². The number of rotatable bonds is 4. The van der Waals surface area contributed by atoms with Crippen molar-refractivity contribution in [2.75, 3.05) is 14.2 Å². The van der Waals surface area contributed by atoms with Gasteiger partial charge in [0.15, 0.2) is 11.5 Å². The lowest BCUT2D eigenvalue weighted by molar-refractivity contribution is 0.352. The van der Waals surface area contributed by atoms with Gasteiger partial charge in [-0.3, -0.25) is 0 Å². The molecule has 0 spiro atoms. The van der Waals surface area contributed by atoms with Crippen LogP contribution in [0.1, 0.15) is 5.56 Å². The van der Waals surface area contributed by atoms with Gasteiger partial charge in [-0.2, -0.15) is 0 Å². The highest BCUT2D eigenvalue weighted by Gasteiger charge is 2.11. The van der Waals surface area contributed by atoms with E-state index in [1.807, 2.05) is 0 Å². The van der Waals surface area contributed by atoms with Gasteiger partial charge < -0.3 is 9.47 Å². The number of isocyanates is 1. The second-order valence-corrected chi connectivity index (χ2v) is 3.14. The molecule has 0 aliphatic heterocycles. The predicted octanol–water partition coefficient (Wildman–Crippen LogP) is 2.19. The van der Waals surface area contributed by atoms with Gasteiger partial charge >= 0.3 is 0 Å². The van der Waals surface area contributed by atoms with E-state index >= 15 is 0 Å². The quantitative estimate of drug-likeness (QED) is 0.585. The summed E-state index contributed by atoms with van der Waals surface area (Å²) in [6.07, 6.45) is 1.46. The average Bonchev–Trinajstić information content (AvgIpc) is 2.25. The van der Waals surface area contributed by atoms with E-state index in [4.69, 9.17) is 21.1 Å². The molecule has 15 heavy (non-hydrogen) atoms. The number of aliphatic imine (C=N–C) groups is 1. The van der Waals surface area contributed by atoms with Gasteiger partial charge in [0.2, 0.25) is 6.08 Å². The first-order valence-corrected chi connectivity index (χ1v) is 4.54. The molecule has 0 atom stereocenters. The minimum atomic E-state index is 0.170. The third-order valence-corrected chi connectivity index (χ3v) is 2.05. The summed E-state index contributed by atoms with van der Waals surface area (Å²) in [4.78, 5) is 13.5. The van der Waals surface area contributed by atoms with Crippen LogP contribution in [0.2, 0.25) is 5.02 Å². The van der Waals surface area contributed by atoms with E-state index in [0.29, 0.717) is 22.1 Å². The van der Waals surface area contributed by atoms with Gasteiger partial charge in [0.1, 0.15) is 0 Å². The molecule has 0 radical (unpaired) electrons. The van der Waals surface area contributed by atoms with E-state index in [-0.39, 0.29) is 6.54 Å². The molecule has 0 aromatic heterocycles. The molecule has 0 saturated carbocycles. The lowest BCUT2D eigenvalue weighted by atomic mass is 10.2. The van der Waals surface area contributed by atoms with E-state index < -0.39 is 0 Å². The van der Waals surface area contributed by atoms with Crippen molar-refractivity contribution in [1.29, 1.82) is 0 Å². The summed E-state index contributed by atoms with van der Waals surface area (Å²) < 4.78 is 10.2. The van der Waals surface area contributed by atoms with Crippen LogP contribution in [0.5, 0.6) is 11.5 Å². The third kappa shape index (κ3) is 2.72. The Hall–Kier alpha value is -1.51. The Kier molecular flexibility index (Phi) is 4.16. The molecule has 1 aromatic carbocycles. The summed E-state index contributed by atoms with van der Waals surface area (Å²) in [6.45, 7) is 0.170. The number of benzene rings is 1. The van der Waals surface area contributed by atoms with E-state index in [2.05, 4.69) is 4.99 Å². The Balaban J connectivity index is 3.21. The van der Waals surface area contributed by atoms with Crippen LogP contribution in [-0.2, 0) is 11.3 Å². The summed E-state index contributed by atoms with van der Waals surface area (Å²) in [5, 5.41) is 0.503. The second kappa shape index (κ2) is 5.39. The van der Waals surface area contributed by atoms with Crippen LogP contribution in [0.25, 0.3) is 0 Å². The number of hydrogen-bond acceptors (Lipinski definition) is 4. The third-order valence-electron chi connectivity index (χ3n) is 1.83. The van der Waals surface area contributed by atoms with Gasteiger partial charge in [0.25, 0.3) is 0 Å². The van der Waals surface area contributed by atoms with E-state index in [1.165, 1.54) is 20.3 Å². The molecular formula is C10H10ClNO3. The fourth-order valence-electron chi connectivity index (χ4n) is 1.24. The van der Waals surface area contributed by atoms with Crippen molar-refractivity contribution in [1.82, 2.24) is 0 Å². The van der Waals surface area contributed by atoms with Crippen LogP contribution in [0.3, 0.4) is 0 Å². The van der Waals surface area contributed by atoms with E-state index in [0.717, 1.165) is 0 Å². The number of hydrogen-bond donors (Lipinski definition) is 0. The molecule has 0 aliphatic carbocycles. The maximum absolute atomic E-state index is 10.0. The summed E-state index contributed by atoms with van der Waals surface area (Å²) in [5.41, 5.74) is 0.685. The van der Waals surface area contributed by atoms with Crippen LogP contribution in [0.15, 0.2) is 17.1 Å². The molecule has 1 rings (SSSR count). The Labute approximate surface area is 92.5 Å². The number of nitrogens with zero attached hydrogens (tertiary/aromatic N) is 1. The van der Waals surface area contributed by atoms with Gasteiger partial charge in [0, 0.05) is 16.7 Å². The standard InChI is InChI=1S/C10H10ClNO3/c1-14-9-4-8(11)3-7(5-12-6-13)10(9)15-2/h3-4H,5H2,1-2H3. The maximum Gasteiger partial charge on any atom is 0.235 e. The lowest BCUT2D eigenvalue weighted by Gasteiger charge is -2.11. The van der Waals surface area contributed by atoms with Crippen molar-refractivity contribution < 1.29 is 14.3 Å². The van der Waals surface area contributed by atoms with Crippen LogP contribution in [-0.4, -0.2) is 20.3 Å². The topological polar surface area (TPSA) is 47.9 Å². The Bertz CT molecular complexity index is 400. The Morgan fingerprint density at radius 1 is 1.40 bits per heavy atom. The molecule has 0 saturated heterocycles. The zero-order valence-corrected chi connectivity index (χ0v) is 9.17. The Morgan fingerprint density at radius 2 is 2.13 bits per heavy atom. The molecule has 80 valence electrons. The molecule has 0 amide bonds. The molecule has 1 aromatic rings. The highest BCUT2D eigenvalue weighted by atomic mass is 35.5. The second-order valence-electron chi connectivity index (χ2n) is 2.71. The number of ether oxygens (including phenoxy) is 2. The largest absolute Gasteiger partial charge is 0.493 e. The SMILES string of the molecule is COc1cc(Cl)cc(CN=C=O)c1OC. The first-order chi connectivity index (χ1) is 7.22.